The largest absolute Gasteiger partial charge is 0.437 e. The second kappa shape index (κ2) is 5.54. The van der Waals surface area contributed by atoms with Gasteiger partial charge in [-0.15, -0.1) is 0 Å². The summed E-state index contributed by atoms with van der Waals surface area (Å²) in [6.07, 6.45) is 1.61. The molecule has 0 radical (unpaired) electrons. The topological polar surface area (TPSA) is 72.0 Å². The highest BCUT2D eigenvalue weighted by Gasteiger charge is 2.12. The first-order valence-electron chi connectivity index (χ1n) is 6.31. The minimum absolute atomic E-state index is 0.0741. The van der Waals surface area contributed by atoms with E-state index < -0.39 is 0 Å². The number of pyridine rings is 1. The van der Waals surface area contributed by atoms with Gasteiger partial charge in [0.2, 0.25) is 5.88 Å². The molecule has 0 unspecified atom stereocenters. The Morgan fingerprint density at radius 1 is 1.10 bits per heavy atom. The molecule has 0 aliphatic heterocycles. The molecule has 0 aliphatic carbocycles. The SMILES string of the molecule is N=C(N)c1cccnc1Oc1ccc2ccccc2c1Br. The van der Waals surface area contributed by atoms with E-state index in [1.807, 2.05) is 36.4 Å². The number of rotatable bonds is 3. The van der Waals surface area contributed by atoms with Crippen molar-refractivity contribution in [2.75, 3.05) is 0 Å². The Morgan fingerprint density at radius 3 is 2.71 bits per heavy atom. The molecule has 0 bridgehead atoms. The number of ether oxygens (including phenoxy) is 1. The predicted octanol–water partition coefficient (Wildman–Crippen LogP) is 4.07. The third kappa shape index (κ3) is 2.60. The third-order valence-corrected chi connectivity index (χ3v) is 3.91. The normalized spacial score (nSPS) is 10.5. The van der Waals surface area contributed by atoms with Crippen molar-refractivity contribution in [1.29, 1.82) is 5.41 Å². The molecule has 0 saturated carbocycles. The summed E-state index contributed by atoms with van der Waals surface area (Å²) >= 11 is 3.56. The van der Waals surface area contributed by atoms with E-state index in [4.69, 9.17) is 15.9 Å². The second-order valence-corrected chi connectivity index (χ2v) is 5.26. The lowest BCUT2D eigenvalue weighted by atomic mass is 10.1. The highest BCUT2D eigenvalue weighted by Crippen LogP contribution is 2.35. The maximum absolute atomic E-state index is 7.57. The standard InChI is InChI=1S/C16H12BrN3O/c17-14-11-5-2-1-4-10(11)7-8-13(14)21-16-12(15(18)19)6-3-9-20-16/h1-9H,(H3,18,19). The van der Waals surface area contributed by atoms with Gasteiger partial charge in [-0.25, -0.2) is 4.98 Å². The zero-order valence-electron chi connectivity index (χ0n) is 11.0. The maximum Gasteiger partial charge on any atom is 0.230 e. The summed E-state index contributed by atoms with van der Waals surface area (Å²) in [5.74, 6) is 0.880. The van der Waals surface area contributed by atoms with Crippen LogP contribution in [0.4, 0.5) is 0 Å². The summed E-state index contributed by atoms with van der Waals surface area (Å²) < 4.78 is 6.68. The number of amidine groups is 1. The minimum Gasteiger partial charge on any atom is -0.437 e. The Morgan fingerprint density at radius 2 is 1.90 bits per heavy atom. The van der Waals surface area contributed by atoms with Crippen molar-refractivity contribution in [3.05, 3.63) is 64.8 Å². The van der Waals surface area contributed by atoms with Crippen LogP contribution in [0.3, 0.4) is 0 Å². The number of nitrogens with two attached hydrogens (primary N) is 1. The van der Waals surface area contributed by atoms with Crippen LogP contribution >= 0.6 is 15.9 Å². The van der Waals surface area contributed by atoms with Gasteiger partial charge in [0.25, 0.3) is 0 Å². The van der Waals surface area contributed by atoms with E-state index in [0.29, 0.717) is 17.2 Å². The number of nitrogens with one attached hydrogen (secondary N) is 1. The number of hydrogen-bond donors (Lipinski definition) is 2. The molecule has 1 aromatic heterocycles. The number of aromatic nitrogens is 1. The minimum atomic E-state index is -0.0741. The highest BCUT2D eigenvalue weighted by atomic mass is 79.9. The van der Waals surface area contributed by atoms with Gasteiger partial charge in [-0.1, -0.05) is 30.3 Å². The van der Waals surface area contributed by atoms with E-state index in [-0.39, 0.29) is 5.84 Å². The summed E-state index contributed by atoms with van der Waals surface area (Å²) in [5, 5.41) is 9.74. The van der Waals surface area contributed by atoms with E-state index in [2.05, 4.69) is 20.9 Å². The maximum atomic E-state index is 7.57. The van der Waals surface area contributed by atoms with Gasteiger partial charge in [-0.3, -0.25) is 5.41 Å². The number of fused-ring (bicyclic) bond motifs is 1. The van der Waals surface area contributed by atoms with Gasteiger partial charge in [-0.05, 0) is 44.9 Å². The molecule has 0 spiro atoms. The molecule has 3 N–H and O–H groups in total. The molecular formula is C16H12BrN3O. The molecule has 0 saturated heterocycles. The average molecular weight is 342 g/mol. The van der Waals surface area contributed by atoms with Crippen LogP contribution in [0.2, 0.25) is 0 Å². The number of nitrogens with zero attached hydrogens (tertiary/aromatic N) is 1. The Hall–Kier alpha value is -2.40. The van der Waals surface area contributed by atoms with Gasteiger partial charge < -0.3 is 10.5 Å². The average Bonchev–Trinajstić information content (AvgIpc) is 2.51. The summed E-state index contributed by atoms with van der Waals surface area (Å²) in [4.78, 5) is 4.15. The Labute approximate surface area is 130 Å². The van der Waals surface area contributed by atoms with Crippen LogP contribution in [-0.2, 0) is 0 Å². The van der Waals surface area contributed by atoms with Crippen molar-refractivity contribution >= 4 is 32.5 Å². The Bertz CT molecular complexity index is 833. The van der Waals surface area contributed by atoms with Crippen LogP contribution in [0.15, 0.2) is 59.2 Å². The molecule has 104 valence electrons. The molecular weight excluding hydrogens is 330 g/mol. The fraction of sp³-hybridized carbons (Fsp3) is 0. The molecule has 5 heteroatoms. The summed E-state index contributed by atoms with van der Waals surface area (Å²) in [6.45, 7) is 0. The van der Waals surface area contributed by atoms with Gasteiger partial charge in [0.1, 0.15) is 11.6 Å². The lowest BCUT2D eigenvalue weighted by Gasteiger charge is -2.11. The van der Waals surface area contributed by atoms with E-state index in [0.717, 1.165) is 15.2 Å². The molecule has 0 atom stereocenters. The molecule has 0 fully saturated rings. The van der Waals surface area contributed by atoms with Crippen LogP contribution in [0.1, 0.15) is 5.56 Å². The molecule has 3 rings (SSSR count). The summed E-state index contributed by atoms with van der Waals surface area (Å²) in [6, 6.07) is 15.3. The first kappa shape index (κ1) is 13.6. The van der Waals surface area contributed by atoms with Gasteiger partial charge in [-0.2, -0.15) is 0 Å². The van der Waals surface area contributed by atoms with Crippen molar-refractivity contribution in [3.63, 3.8) is 0 Å². The van der Waals surface area contributed by atoms with Crippen molar-refractivity contribution in [2.24, 2.45) is 5.73 Å². The van der Waals surface area contributed by atoms with Crippen LogP contribution in [0, 0.1) is 5.41 Å². The molecule has 0 amide bonds. The smallest absolute Gasteiger partial charge is 0.230 e. The van der Waals surface area contributed by atoms with E-state index in [9.17, 15) is 0 Å². The lowest BCUT2D eigenvalue weighted by molar-refractivity contribution is 0.460. The monoisotopic (exact) mass is 341 g/mol. The molecule has 1 heterocycles. The third-order valence-electron chi connectivity index (χ3n) is 3.10. The molecule has 3 aromatic rings. The van der Waals surface area contributed by atoms with Crippen molar-refractivity contribution in [1.82, 2.24) is 4.98 Å². The van der Waals surface area contributed by atoms with Crippen LogP contribution in [0.25, 0.3) is 10.8 Å². The van der Waals surface area contributed by atoms with Gasteiger partial charge in [0.05, 0.1) is 10.0 Å². The predicted molar refractivity (Wildman–Crippen MR) is 87.0 cm³/mol. The second-order valence-electron chi connectivity index (χ2n) is 4.47. The van der Waals surface area contributed by atoms with E-state index in [1.54, 1.807) is 18.3 Å². The van der Waals surface area contributed by atoms with Gasteiger partial charge >= 0.3 is 0 Å². The fourth-order valence-electron chi connectivity index (χ4n) is 2.07. The Kier molecular flexibility index (Phi) is 3.58. The van der Waals surface area contributed by atoms with Crippen LogP contribution < -0.4 is 10.5 Å². The zero-order chi connectivity index (χ0) is 14.8. The number of nitrogen functional groups attached to an aromatic ring is 1. The molecule has 2 aromatic carbocycles. The molecule has 21 heavy (non-hydrogen) atoms. The summed E-state index contributed by atoms with van der Waals surface area (Å²) in [5.41, 5.74) is 6.02. The van der Waals surface area contributed by atoms with Gasteiger partial charge in [0, 0.05) is 6.20 Å². The first-order valence-corrected chi connectivity index (χ1v) is 7.10. The zero-order valence-corrected chi connectivity index (χ0v) is 12.6. The van der Waals surface area contributed by atoms with Crippen molar-refractivity contribution in [3.8, 4) is 11.6 Å². The molecule has 4 nitrogen and oxygen atoms in total. The number of halogens is 1. The first-order chi connectivity index (χ1) is 10.2. The number of hydrogen-bond acceptors (Lipinski definition) is 3. The number of benzene rings is 2. The van der Waals surface area contributed by atoms with E-state index >= 15 is 0 Å². The van der Waals surface area contributed by atoms with E-state index in [1.165, 1.54) is 0 Å². The quantitative estimate of drug-likeness (QED) is 0.557. The van der Waals surface area contributed by atoms with Crippen LogP contribution in [0.5, 0.6) is 11.6 Å². The Balaban J connectivity index is 2.07. The van der Waals surface area contributed by atoms with Crippen LogP contribution in [-0.4, -0.2) is 10.8 Å². The summed E-state index contributed by atoms with van der Waals surface area (Å²) in [7, 11) is 0. The molecule has 0 aliphatic rings. The fourth-order valence-corrected chi connectivity index (χ4v) is 2.65. The van der Waals surface area contributed by atoms with Crippen molar-refractivity contribution < 1.29 is 4.74 Å². The highest BCUT2D eigenvalue weighted by molar-refractivity contribution is 9.10. The van der Waals surface area contributed by atoms with Gasteiger partial charge in [0.15, 0.2) is 0 Å². The van der Waals surface area contributed by atoms with Crippen molar-refractivity contribution in [2.45, 2.75) is 0 Å². The lowest BCUT2D eigenvalue weighted by Crippen LogP contribution is -2.12.